The Balaban J connectivity index is 2.99. The lowest BCUT2D eigenvalue weighted by atomic mass is 9.96. The fourth-order valence-electron chi connectivity index (χ4n) is 1.66. The normalized spacial score (nSPS) is 14.5. The molecular weight excluding hydrogens is 262 g/mol. The molecule has 0 amide bonds. The van der Waals surface area contributed by atoms with Gasteiger partial charge in [-0.15, -0.1) is 0 Å². The van der Waals surface area contributed by atoms with Gasteiger partial charge < -0.3 is 10.5 Å². The van der Waals surface area contributed by atoms with E-state index < -0.39 is 20.6 Å². The van der Waals surface area contributed by atoms with Crippen molar-refractivity contribution in [2.45, 2.75) is 44.6 Å². The summed E-state index contributed by atoms with van der Waals surface area (Å²) in [6.45, 7) is 7.19. The third-order valence-electron chi connectivity index (χ3n) is 3.32. The molecule has 5 heteroatoms. The first-order valence-corrected chi connectivity index (χ1v) is 8.16. The Morgan fingerprint density at radius 1 is 1.16 bits per heavy atom. The fourth-order valence-corrected chi connectivity index (χ4v) is 2.26. The quantitative estimate of drug-likeness (QED) is 0.901. The van der Waals surface area contributed by atoms with Crippen LogP contribution in [0.15, 0.2) is 24.3 Å². The van der Waals surface area contributed by atoms with Crippen LogP contribution in [0.2, 0.25) is 0 Å². The summed E-state index contributed by atoms with van der Waals surface area (Å²) in [5.41, 5.74) is 6.87. The van der Waals surface area contributed by atoms with Gasteiger partial charge >= 0.3 is 0 Å². The van der Waals surface area contributed by atoms with Gasteiger partial charge in [0, 0.05) is 12.3 Å². The monoisotopic (exact) mass is 285 g/mol. The number of sulfone groups is 1. The zero-order valence-corrected chi connectivity index (χ0v) is 13.0. The van der Waals surface area contributed by atoms with Crippen LogP contribution in [0.3, 0.4) is 0 Å². The highest BCUT2D eigenvalue weighted by Gasteiger charge is 2.37. The summed E-state index contributed by atoms with van der Waals surface area (Å²) in [5, 5.41) is 0. The molecule has 4 nitrogen and oxygen atoms in total. The third kappa shape index (κ3) is 3.70. The van der Waals surface area contributed by atoms with E-state index in [1.165, 1.54) is 6.26 Å². The van der Waals surface area contributed by atoms with Gasteiger partial charge in [0.1, 0.15) is 5.75 Å². The Kier molecular flexibility index (Phi) is 4.63. The lowest BCUT2D eigenvalue weighted by Crippen LogP contribution is -2.42. The molecule has 0 aliphatic rings. The number of hydrogen-bond acceptors (Lipinski definition) is 4. The second-order valence-corrected chi connectivity index (χ2v) is 8.19. The van der Waals surface area contributed by atoms with Gasteiger partial charge in [0.25, 0.3) is 0 Å². The SMILES string of the molecule is CC(C)Oc1ccc(C(N)C(C)(C)S(C)(=O)=O)cc1. The van der Waals surface area contributed by atoms with E-state index in [2.05, 4.69) is 0 Å². The molecule has 108 valence electrons. The van der Waals surface area contributed by atoms with Crippen LogP contribution in [0.5, 0.6) is 5.75 Å². The number of nitrogens with two attached hydrogens (primary N) is 1. The van der Waals surface area contributed by atoms with Crippen molar-refractivity contribution in [2.75, 3.05) is 6.26 Å². The van der Waals surface area contributed by atoms with Crippen LogP contribution in [0.25, 0.3) is 0 Å². The summed E-state index contributed by atoms with van der Waals surface area (Å²) in [6.07, 6.45) is 1.32. The predicted molar refractivity (Wildman–Crippen MR) is 78.1 cm³/mol. The Bertz CT molecular complexity index is 518. The predicted octanol–water partition coefficient (Wildman–Crippen LogP) is 2.30. The highest BCUT2D eigenvalue weighted by atomic mass is 32.2. The average Bonchev–Trinajstić information content (AvgIpc) is 2.26. The molecule has 0 aliphatic carbocycles. The number of hydrogen-bond donors (Lipinski definition) is 1. The topological polar surface area (TPSA) is 69.4 Å². The molecule has 1 aromatic rings. The van der Waals surface area contributed by atoms with Gasteiger partial charge in [0.05, 0.1) is 10.9 Å². The maximum atomic E-state index is 11.8. The molecule has 19 heavy (non-hydrogen) atoms. The molecule has 2 N–H and O–H groups in total. The van der Waals surface area contributed by atoms with Crippen molar-refractivity contribution < 1.29 is 13.2 Å². The summed E-state index contributed by atoms with van der Waals surface area (Å²) < 4.78 is 28.1. The highest BCUT2D eigenvalue weighted by molar-refractivity contribution is 7.92. The van der Waals surface area contributed by atoms with Crippen molar-refractivity contribution in [1.82, 2.24) is 0 Å². The van der Waals surface area contributed by atoms with Crippen molar-refractivity contribution in [3.63, 3.8) is 0 Å². The molecule has 0 saturated carbocycles. The van der Waals surface area contributed by atoms with E-state index in [0.29, 0.717) is 0 Å². The minimum absolute atomic E-state index is 0.104. The van der Waals surface area contributed by atoms with Crippen LogP contribution in [0.4, 0.5) is 0 Å². The van der Waals surface area contributed by atoms with Crippen molar-refractivity contribution in [2.24, 2.45) is 5.73 Å². The second-order valence-electron chi connectivity index (χ2n) is 5.59. The molecule has 1 unspecified atom stereocenters. The molecule has 0 saturated heterocycles. The lowest BCUT2D eigenvalue weighted by molar-refractivity contribution is 0.242. The van der Waals surface area contributed by atoms with Gasteiger partial charge in [-0.05, 0) is 45.4 Å². The number of rotatable bonds is 5. The van der Waals surface area contributed by atoms with Crippen LogP contribution in [0.1, 0.15) is 39.3 Å². The maximum absolute atomic E-state index is 11.8. The Morgan fingerprint density at radius 3 is 2.00 bits per heavy atom. The first kappa shape index (κ1) is 16.0. The van der Waals surface area contributed by atoms with Gasteiger partial charge in [0.15, 0.2) is 9.84 Å². The van der Waals surface area contributed by atoms with Crippen molar-refractivity contribution in [1.29, 1.82) is 0 Å². The lowest BCUT2D eigenvalue weighted by Gasteiger charge is -2.30. The van der Waals surface area contributed by atoms with E-state index in [1.807, 2.05) is 38.1 Å². The average molecular weight is 285 g/mol. The molecule has 0 bridgehead atoms. The fraction of sp³-hybridized carbons (Fsp3) is 0.571. The van der Waals surface area contributed by atoms with Gasteiger partial charge in [0.2, 0.25) is 0 Å². The largest absolute Gasteiger partial charge is 0.491 e. The second kappa shape index (κ2) is 5.51. The van der Waals surface area contributed by atoms with Crippen LogP contribution >= 0.6 is 0 Å². The molecule has 0 fully saturated rings. The zero-order valence-electron chi connectivity index (χ0n) is 12.2. The summed E-state index contributed by atoms with van der Waals surface area (Å²) in [5.74, 6) is 0.753. The van der Waals surface area contributed by atoms with Gasteiger partial charge in [-0.2, -0.15) is 0 Å². The Labute approximate surface area is 115 Å². The summed E-state index contributed by atoms with van der Waals surface area (Å²) in [6, 6.07) is 6.68. The molecule has 0 aliphatic heterocycles. The standard InChI is InChI=1S/C14H23NO3S/c1-10(2)18-12-8-6-11(7-9-12)13(15)14(3,4)19(5,16)17/h6-10,13H,15H2,1-5H3. The van der Waals surface area contributed by atoms with Crippen LogP contribution in [-0.4, -0.2) is 25.5 Å². The molecule has 0 radical (unpaired) electrons. The third-order valence-corrected chi connectivity index (χ3v) is 5.48. The summed E-state index contributed by atoms with van der Waals surface area (Å²) in [4.78, 5) is 0. The number of ether oxygens (including phenoxy) is 1. The summed E-state index contributed by atoms with van der Waals surface area (Å²) >= 11 is 0. The van der Waals surface area contributed by atoms with Crippen LogP contribution < -0.4 is 10.5 Å². The first-order valence-electron chi connectivity index (χ1n) is 6.27. The van der Waals surface area contributed by atoms with E-state index >= 15 is 0 Å². The van der Waals surface area contributed by atoms with Crippen molar-refractivity contribution >= 4 is 9.84 Å². The molecule has 1 atom stereocenters. The van der Waals surface area contributed by atoms with Crippen molar-refractivity contribution in [3.8, 4) is 5.75 Å². The highest BCUT2D eigenvalue weighted by Crippen LogP contribution is 2.31. The number of benzene rings is 1. The van der Waals surface area contributed by atoms with Crippen molar-refractivity contribution in [3.05, 3.63) is 29.8 Å². The molecular formula is C14H23NO3S. The molecule has 1 rings (SSSR count). The van der Waals surface area contributed by atoms with Gasteiger partial charge in [-0.3, -0.25) is 0 Å². The molecule has 0 aromatic heterocycles. The van der Waals surface area contributed by atoms with E-state index in [0.717, 1.165) is 11.3 Å². The van der Waals surface area contributed by atoms with Crippen LogP contribution in [-0.2, 0) is 9.84 Å². The maximum Gasteiger partial charge on any atom is 0.154 e. The minimum atomic E-state index is -3.24. The van der Waals surface area contributed by atoms with E-state index in [9.17, 15) is 8.42 Å². The summed E-state index contributed by atoms with van der Waals surface area (Å²) in [7, 11) is -3.24. The molecule has 0 spiro atoms. The smallest absolute Gasteiger partial charge is 0.154 e. The molecule has 1 aromatic carbocycles. The Hall–Kier alpha value is -1.07. The van der Waals surface area contributed by atoms with Gasteiger partial charge in [-0.1, -0.05) is 12.1 Å². The van der Waals surface area contributed by atoms with E-state index in [4.69, 9.17) is 10.5 Å². The molecule has 0 heterocycles. The first-order chi connectivity index (χ1) is 8.55. The zero-order chi connectivity index (χ0) is 14.8. The minimum Gasteiger partial charge on any atom is -0.491 e. The van der Waals surface area contributed by atoms with Gasteiger partial charge in [-0.25, -0.2) is 8.42 Å². The van der Waals surface area contributed by atoms with Crippen LogP contribution in [0, 0.1) is 0 Å². The van der Waals surface area contributed by atoms with E-state index in [1.54, 1.807) is 13.8 Å². The Morgan fingerprint density at radius 2 is 1.63 bits per heavy atom. The van der Waals surface area contributed by atoms with E-state index in [-0.39, 0.29) is 6.10 Å².